The van der Waals surface area contributed by atoms with Crippen LogP contribution in [0, 0.1) is 0 Å². The van der Waals surface area contributed by atoms with Crippen molar-refractivity contribution in [2.75, 3.05) is 26.4 Å². The van der Waals surface area contributed by atoms with Crippen LogP contribution in [-0.4, -0.2) is 55.5 Å². The number of hydrogen-bond donors (Lipinski definition) is 1. The molecule has 1 atom stereocenters. The molecule has 0 saturated carbocycles. The Morgan fingerprint density at radius 1 is 0.964 bits per heavy atom. The Labute approximate surface area is 163 Å². The van der Waals surface area contributed by atoms with Crippen molar-refractivity contribution in [1.29, 1.82) is 0 Å². The summed E-state index contributed by atoms with van der Waals surface area (Å²) in [5.41, 5.74) is 0.143. The third-order valence-electron chi connectivity index (χ3n) is 3.38. The average Bonchev–Trinajstić information content (AvgIpc) is 2.70. The highest BCUT2D eigenvalue weighted by Gasteiger charge is 2.15. The molecule has 0 aromatic heterocycles. The van der Waals surface area contributed by atoms with Crippen LogP contribution in [0.1, 0.15) is 23.2 Å². The maximum absolute atomic E-state index is 11.4. The Balaban J connectivity index is 2.38. The predicted molar refractivity (Wildman–Crippen MR) is 100 cm³/mol. The molecule has 1 aromatic carbocycles. The number of carboxylic acids is 1. The van der Waals surface area contributed by atoms with E-state index >= 15 is 0 Å². The lowest BCUT2D eigenvalue weighted by Gasteiger charge is -2.18. The van der Waals surface area contributed by atoms with Crippen LogP contribution in [0.5, 0.6) is 5.75 Å². The van der Waals surface area contributed by atoms with Crippen molar-refractivity contribution in [3.05, 3.63) is 55.1 Å². The van der Waals surface area contributed by atoms with Gasteiger partial charge in [0.15, 0.2) is 6.10 Å². The van der Waals surface area contributed by atoms with Gasteiger partial charge in [-0.15, -0.1) is 0 Å². The first-order chi connectivity index (χ1) is 13.5. The first-order valence-corrected chi connectivity index (χ1v) is 8.62. The Kier molecular flexibility index (Phi) is 10.7. The highest BCUT2D eigenvalue weighted by atomic mass is 16.6. The number of carbonyl (C=O) groups excluding carboxylic acids is 2. The summed E-state index contributed by atoms with van der Waals surface area (Å²) in [4.78, 5) is 33.2. The molecule has 0 saturated heterocycles. The fourth-order valence-electron chi connectivity index (χ4n) is 1.96. The van der Waals surface area contributed by atoms with Gasteiger partial charge in [-0.05, 0) is 37.1 Å². The van der Waals surface area contributed by atoms with Gasteiger partial charge in [0.05, 0.1) is 18.8 Å². The zero-order chi connectivity index (χ0) is 20.8. The molecule has 0 heterocycles. The van der Waals surface area contributed by atoms with Gasteiger partial charge in [-0.2, -0.15) is 0 Å². The molecule has 0 aliphatic heterocycles. The Bertz CT molecular complexity index is 665. The first kappa shape index (κ1) is 22.9. The summed E-state index contributed by atoms with van der Waals surface area (Å²) >= 11 is 0. The lowest BCUT2D eigenvalue weighted by Crippen LogP contribution is -2.29. The second-order valence-corrected chi connectivity index (χ2v) is 5.56. The van der Waals surface area contributed by atoms with Crippen LogP contribution >= 0.6 is 0 Å². The monoisotopic (exact) mass is 392 g/mol. The van der Waals surface area contributed by atoms with Gasteiger partial charge in [0.2, 0.25) is 0 Å². The van der Waals surface area contributed by atoms with Crippen LogP contribution in [0.3, 0.4) is 0 Å². The molecule has 1 aromatic rings. The van der Waals surface area contributed by atoms with Crippen molar-refractivity contribution in [2.24, 2.45) is 0 Å². The summed E-state index contributed by atoms with van der Waals surface area (Å²) in [6, 6.07) is 5.86. The van der Waals surface area contributed by atoms with E-state index in [9.17, 15) is 14.4 Å². The molecule has 8 nitrogen and oxygen atoms in total. The normalized spacial score (nSPS) is 11.1. The van der Waals surface area contributed by atoms with Gasteiger partial charge in [-0.3, -0.25) is 0 Å². The molecule has 8 heteroatoms. The number of aromatic carboxylic acids is 1. The predicted octanol–water partition coefficient (Wildman–Crippen LogP) is 2.39. The summed E-state index contributed by atoms with van der Waals surface area (Å²) in [6.45, 7) is 7.46. The summed E-state index contributed by atoms with van der Waals surface area (Å²) in [7, 11) is 0. The van der Waals surface area contributed by atoms with E-state index < -0.39 is 24.0 Å². The first-order valence-electron chi connectivity index (χ1n) is 8.62. The SMILES string of the molecule is C=CC(=O)OCCCCOCC(COc1ccc(C(=O)O)cc1)OC(=O)C=C. The highest BCUT2D eigenvalue weighted by Crippen LogP contribution is 2.13. The number of benzene rings is 1. The second kappa shape index (κ2) is 13.1. The molecule has 0 aliphatic carbocycles. The van der Waals surface area contributed by atoms with Crippen LogP contribution in [0.25, 0.3) is 0 Å². The number of hydrogen-bond acceptors (Lipinski definition) is 7. The number of rotatable bonds is 14. The maximum Gasteiger partial charge on any atom is 0.335 e. The molecular formula is C20H24O8. The molecule has 152 valence electrons. The Morgan fingerprint density at radius 3 is 2.21 bits per heavy atom. The summed E-state index contributed by atoms with van der Waals surface area (Å²) in [6.07, 6.45) is 2.77. The quantitative estimate of drug-likeness (QED) is 0.292. The number of ether oxygens (including phenoxy) is 4. The molecule has 0 aliphatic rings. The molecule has 0 spiro atoms. The van der Waals surface area contributed by atoms with Gasteiger partial charge in [0.1, 0.15) is 12.4 Å². The smallest absolute Gasteiger partial charge is 0.335 e. The van der Waals surface area contributed by atoms with Crippen molar-refractivity contribution >= 4 is 17.9 Å². The molecule has 0 fully saturated rings. The van der Waals surface area contributed by atoms with E-state index in [-0.39, 0.29) is 25.4 Å². The van der Waals surface area contributed by atoms with E-state index in [1.54, 1.807) is 0 Å². The van der Waals surface area contributed by atoms with Crippen molar-refractivity contribution in [2.45, 2.75) is 18.9 Å². The van der Waals surface area contributed by atoms with Crippen LogP contribution in [0.2, 0.25) is 0 Å². The van der Waals surface area contributed by atoms with Crippen molar-refractivity contribution in [3.8, 4) is 5.75 Å². The van der Waals surface area contributed by atoms with E-state index in [4.69, 9.17) is 24.1 Å². The third-order valence-corrected chi connectivity index (χ3v) is 3.38. The number of esters is 2. The van der Waals surface area contributed by atoms with Gasteiger partial charge >= 0.3 is 17.9 Å². The van der Waals surface area contributed by atoms with E-state index in [1.807, 2.05) is 0 Å². The molecule has 1 rings (SSSR count). The Hall–Kier alpha value is -3.13. The third kappa shape index (κ3) is 9.54. The topological polar surface area (TPSA) is 108 Å². The van der Waals surface area contributed by atoms with E-state index in [1.165, 1.54) is 24.3 Å². The van der Waals surface area contributed by atoms with Crippen LogP contribution in [0.15, 0.2) is 49.6 Å². The fourth-order valence-corrected chi connectivity index (χ4v) is 1.96. The lowest BCUT2D eigenvalue weighted by atomic mass is 10.2. The zero-order valence-electron chi connectivity index (χ0n) is 15.5. The zero-order valence-corrected chi connectivity index (χ0v) is 15.5. The van der Waals surface area contributed by atoms with Crippen molar-refractivity contribution < 1.29 is 38.4 Å². The molecular weight excluding hydrogens is 368 g/mol. The number of carbonyl (C=O) groups is 3. The lowest BCUT2D eigenvalue weighted by molar-refractivity contribution is -0.148. The minimum absolute atomic E-state index is 0.0307. The number of carboxylic acid groups (broad SMARTS) is 1. The second-order valence-electron chi connectivity index (χ2n) is 5.56. The minimum Gasteiger partial charge on any atom is -0.490 e. The van der Waals surface area contributed by atoms with E-state index in [0.29, 0.717) is 25.2 Å². The van der Waals surface area contributed by atoms with Gasteiger partial charge in [-0.25, -0.2) is 14.4 Å². The van der Waals surface area contributed by atoms with E-state index in [0.717, 1.165) is 12.2 Å². The average molecular weight is 392 g/mol. The molecule has 1 unspecified atom stereocenters. The molecule has 0 amide bonds. The fraction of sp³-hybridized carbons (Fsp3) is 0.350. The van der Waals surface area contributed by atoms with Crippen LogP contribution in [0.4, 0.5) is 0 Å². The summed E-state index contributed by atoms with van der Waals surface area (Å²) < 4.78 is 21.0. The highest BCUT2D eigenvalue weighted by molar-refractivity contribution is 5.87. The maximum atomic E-state index is 11.4. The molecule has 0 bridgehead atoms. The molecule has 28 heavy (non-hydrogen) atoms. The van der Waals surface area contributed by atoms with Crippen molar-refractivity contribution in [1.82, 2.24) is 0 Å². The van der Waals surface area contributed by atoms with Gasteiger partial charge in [-0.1, -0.05) is 13.2 Å². The summed E-state index contributed by atoms with van der Waals surface area (Å²) in [5.74, 6) is -1.66. The van der Waals surface area contributed by atoms with Crippen molar-refractivity contribution in [3.63, 3.8) is 0 Å². The van der Waals surface area contributed by atoms with Gasteiger partial charge in [0, 0.05) is 18.8 Å². The van der Waals surface area contributed by atoms with Gasteiger partial charge < -0.3 is 24.1 Å². The molecule has 1 N–H and O–H groups in total. The summed E-state index contributed by atoms with van der Waals surface area (Å²) in [5, 5.41) is 8.88. The standard InChI is InChI=1S/C20H24O8/c1-3-18(21)26-12-6-5-11-25-13-17(28-19(22)4-2)14-27-16-9-7-15(8-10-16)20(23)24/h3-4,7-10,17H,1-2,5-6,11-14H2,(H,23,24). The van der Waals surface area contributed by atoms with Crippen LogP contribution in [-0.2, 0) is 23.8 Å². The van der Waals surface area contributed by atoms with Crippen LogP contribution < -0.4 is 4.74 Å². The largest absolute Gasteiger partial charge is 0.490 e. The molecule has 0 radical (unpaired) electrons. The van der Waals surface area contributed by atoms with E-state index in [2.05, 4.69) is 13.2 Å². The Morgan fingerprint density at radius 2 is 1.61 bits per heavy atom. The van der Waals surface area contributed by atoms with Gasteiger partial charge in [0.25, 0.3) is 0 Å². The number of unbranched alkanes of at least 4 members (excludes halogenated alkanes) is 1. The minimum atomic E-state index is -1.03.